The fourth-order valence-electron chi connectivity index (χ4n) is 3.07. The maximum Gasteiger partial charge on any atom is 0.340 e. The van der Waals surface area contributed by atoms with Crippen molar-refractivity contribution < 1.29 is 27.1 Å². The van der Waals surface area contributed by atoms with Crippen LogP contribution < -0.4 is 0 Å². The molecule has 1 aliphatic heterocycles. The number of hydrogen-bond acceptors (Lipinski definition) is 7. The van der Waals surface area contributed by atoms with Gasteiger partial charge in [-0.3, -0.25) is 0 Å². The molecule has 1 aromatic heterocycles. The Kier molecular flexibility index (Phi) is 6.87. The molecule has 3 aromatic rings. The van der Waals surface area contributed by atoms with E-state index in [1.54, 1.807) is 17.5 Å². The minimum Gasteiger partial charge on any atom is -0.456 e. The van der Waals surface area contributed by atoms with Crippen molar-refractivity contribution in [2.24, 2.45) is 0 Å². The predicted octanol–water partition coefficient (Wildman–Crippen LogP) is 3.98. The van der Waals surface area contributed by atoms with Crippen LogP contribution in [0.5, 0.6) is 0 Å². The smallest absolute Gasteiger partial charge is 0.340 e. The van der Waals surface area contributed by atoms with Gasteiger partial charge in [0.1, 0.15) is 17.4 Å². The zero-order chi connectivity index (χ0) is 22.7. The quantitative estimate of drug-likeness (QED) is 0.480. The molecule has 0 atom stereocenters. The number of carbonyl (C=O) groups is 1. The van der Waals surface area contributed by atoms with Crippen molar-refractivity contribution in [3.8, 4) is 10.6 Å². The average molecular weight is 497 g/mol. The molecule has 0 spiro atoms. The predicted molar refractivity (Wildman–Crippen MR) is 118 cm³/mol. The van der Waals surface area contributed by atoms with Gasteiger partial charge in [0.2, 0.25) is 10.0 Å². The van der Waals surface area contributed by atoms with E-state index in [1.165, 1.54) is 46.0 Å². The number of hydrogen-bond donors (Lipinski definition) is 0. The number of halogens is 2. The number of carbonyl (C=O) groups excluding carboxylic acids is 1. The molecule has 0 aliphatic carbocycles. The average Bonchev–Trinajstić information content (AvgIpc) is 3.28. The summed E-state index contributed by atoms with van der Waals surface area (Å²) in [6.45, 7) is 0.994. The Morgan fingerprint density at radius 1 is 1.19 bits per heavy atom. The van der Waals surface area contributed by atoms with Crippen LogP contribution in [0.15, 0.2) is 52.7 Å². The monoisotopic (exact) mass is 496 g/mol. The topological polar surface area (TPSA) is 85.8 Å². The van der Waals surface area contributed by atoms with Crippen LogP contribution >= 0.6 is 22.9 Å². The molecule has 4 rings (SSSR count). The summed E-state index contributed by atoms with van der Waals surface area (Å²) in [7, 11) is -3.78. The van der Waals surface area contributed by atoms with Gasteiger partial charge in [-0.15, -0.1) is 11.3 Å². The van der Waals surface area contributed by atoms with Crippen LogP contribution in [0.2, 0.25) is 5.02 Å². The van der Waals surface area contributed by atoms with Crippen molar-refractivity contribution in [1.29, 1.82) is 0 Å². The number of thiazole rings is 1. The Labute approximate surface area is 193 Å². The molecule has 2 aromatic carbocycles. The maximum absolute atomic E-state index is 13.1. The molecule has 1 aliphatic rings. The van der Waals surface area contributed by atoms with Gasteiger partial charge in [-0.2, -0.15) is 4.31 Å². The molecule has 0 saturated carbocycles. The molecule has 0 N–H and O–H groups in total. The van der Waals surface area contributed by atoms with Crippen molar-refractivity contribution in [3.63, 3.8) is 0 Å². The number of aromatic nitrogens is 1. The van der Waals surface area contributed by atoms with Crippen molar-refractivity contribution in [3.05, 3.63) is 69.9 Å². The molecule has 0 unspecified atom stereocenters. The van der Waals surface area contributed by atoms with Gasteiger partial charge < -0.3 is 9.47 Å². The van der Waals surface area contributed by atoms with Crippen LogP contribution in [-0.4, -0.2) is 50.0 Å². The fourth-order valence-corrected chi connectivity index (χ4v) is 5.51. The summed E-state index contributed by atoms with van der Waals surface area (Å²) in [5.41, 5.74) is 1.21. The second-order valence-electron chi connectivity index (χ2n) is 6.89. The second-order valence-corrected chi connectivity index (χ2v) is 10.1. The SMILES string of the molecule is O=C(OCc1csc(-c2ccc(F)cc2)n1)c1cc(S(=O)(=O)N2CCOCC2)ccc1Cl. The first-order valence-electron chi connectivity index (χ1n) is 9.59. The molecule has 11 heteroatoms. The summed E-state index contributed by atoms with van der Waals surface area (Å²) in [5.74, 6) is -1.10. The normalized spacial score (nSPS) is 14.9. The molecule has 0 bridgehead atoms. The summed E-state index contributed by atoms with van der Waals surface area (Å²) in [6.07, 6.45) is 0. The van der Waals surface area contributed by atoms with Crippen LogP contribution in [0.4, 0.5) is 4.39 Å². The van der Waals surface area contributed by atoms with E-state index in [-0.39, 0.29) is 41.0 Å². The molecular weight excluding hydrogens is 479 g/mol. The molecule has 1 saturated heterocycles. The number of ether oxygens (including phenoxy) is 2. The van der Waals surface area contributed by atoms with Gasteiger partial charge in [-0.25, -0.2) is 22.6 Å². The fraction of sp³-hybridized carbons (Fsp3) is 0.238. The molecule has 168 valence electrons. The van der Waals surface area contributed by atoms with E-state index in [0.717, 1.165) is 5.56 Å². The first kappa shape index (κ1) is 22.8. The van der Waals surface area contributed by atoms with Crippen molar-refractivity contribution in [1.82, 2.24) is 9.29 Å². The third-order valence-corrected chi connectivity index (χ3v) is 7.92. The maximum atomic E-state index is 13.1. The lowest BCUT2D eigenvalue weighted by atomic mass is 10.2. The second kappa shape index (κ2) is 9.63. The van der Waals surface area contributed by atoms with Crippen LogP contribution in [0, 0.1) is 5.82 Å². The Morgan fingerprint density at radius 3 is 2.62 bits per heavy atom. The largest absolute Gasteiger partial charge is 0.456 e. The Hall–Kier alpha value is -2.37. The zero-order valence-corrected chi connectivity index (χ0v) is 19.1. The third kappa shape index (κ3) is 5.00. The van der Waals surface area contributed by atoms with E-state index < -0.39 is 16.0 Å². The lowest BCUT2D eigenvalue weighted by Crippen LogP contribution is -2.40. The molecule has 7 nitrogen and oxygen atoms in total. The Balaban J connectivity index is 1.47. The van der Waals surface area contributed by atoms with Crippen molar-refractivity contribution in [2.45, 2.75) is 11.5 Å². The van der Waals surface area contributed by atoms with E-state index in [2.05, 4.69) is 4.98 Å². The highest BCUT2D eigenvalue weighted by Crippen LogP contribution is 2.26. The molecule has 0 amide bonds. The van der Waals surface area contributed by atoms with E-state index >= 15 is 0 Å². The summed E-state index contributed by atoms with van der Waals surface area (Å²) in [5, 5.41) is 2.47. The number of esters is 1. The minimum absolute atomic E-state index is 0.0389. The van der Waals surface area contributed by atoms with E-state index in [0.29, 0.717) is 23.9 Å². The highest BCUT2D eigenvalue weighted by Gasteiger charge is 2.28. The molecule has 2 heterocycles. The summed E-state index contributed by atoms with van der Waals surface area (Å²) in [6, 6.07) is 9.86. The summed E-state index contributed by atoms with van der Waals surface area (Å²) >= 11 is 7.47. The van der Waals surface area contributed by atoms with Gasteiger partial charge in [-0.05, 0) is 42.5 Å². The lowest BCUT2D eigenvalue weighted by Gasteiger charge is -2.26. The summed E-state index contributed by atoms with van der Waals surface area (Å²) < 4.78 is 50.6. The number of rotatable bonds is 6. The standard InChI is InChI=1S/C21H18ClFN2O5S2/c22-19-6-5-17(32(27,28)25-7-9-29-10-8-25)11-18(19)21(26)30-12-16-13-31-20(24-16)14-1-3-15(23)4-2-14/h1-6,11,13H,7-10,12H2. The first-order chi connectivity index (χ1) is 15.3. The van der Waals surface area contributed by atoms with Gasteiger partial charge in [-0.1, -0.05) is 11.6 Å². The third-order valence-electron chi connectivity index (χ3n) is 4.76. The van der Waals surface area contributed by atoms with Crippen LogP contribution in [0.25, 0.3) is 10.6 Å². The number of morpholine rings is 1. The van der Waals surface area contributed by atoms with Gasteiger partial charge in [0.25, 0.3) is 0 Å². The van der Waals surface area contributed by atoms with E-state index in [4.69, 9.17) is 21.1 Å². The Morgan fingerprint density at radius 2 is 1.91 bits per heavy atom. The van der Waals surface area contributed by atoms with E-state index in [1.807, 2.05) is 0 Å². The zero-order valence-electron chi connectivity index (χ0n) is 16.7. The lowest BCUT2D eigenvalue weighted by molar-refractivity contribution is 0.0468. The molecular formula is C21H18ClFN2O5S2. The Bertz CT molecular complexity index is 1230. The molecule has 0 radical (unpaired) electrons. The van der Waals surface area contributed by atoms with Crippen LogP contribution in [-0.2, 0) is 26.1 Å². The van der Waals surface area contributed by atoms with Crippen molar-refractivity contribution in [2.75, 3.05) is 26.3 Å². The summed E-state index contributed by atoms with van der Waals surface area (Å²) in [4.78, 5) is 17.0. The van der Waals surface area contributed by atoms with Gasteiger partial charge in [0.05, 0.1) is 34.4 Å². The van der Waals surface area contributed by atoms with Crippen molar-refractivity contribution >= 4 is 38.9 Å². The van der Waals surface area contributed by atoms with Crippen LogP contribution in [0.3, 0.4) is 0 Å². The van der Waals surface area contributed by atoms with Gasteiger partial charge in [0, 0.05) is 24.0 Å². The van der Waals surface area contributed by atoms with Crippen LogP contribution in [0.1, 0.15) is 16.1 Å². The highest BCUT2D eigenvalue weighted by molar-refractivity contribution is 7.89. The first-order valence-corrected chi connectivity index (χ1v) is 12.3. The molecule has 1 fully saturated rings. The minimum atomic E-state index is -3.78. The highest BCUT2D eigenvalue weighted by atomic mass is 35.5. The van der Waals surface area contributed by atoms with E-state index in [9.17, 15) is 17.6 Å². The molecule has 32 heavy (non-hydrogen) atoms. The number of sulfonamides is 1. The number of benzene rings is 2. The van der Waals surface area contributed by atoms with Gasteiger partial charge >= 0.3 is 5.97 Å². The van der Waals surface area contributed by atoms with Gasteiger partial charge in [0.15, 0.2) is 0 Å². The number of nitrogens with zero attached hydrogens (tertiary/aromatic N) is 2.